The lowest BCUT2D eigenvalue weighted by molar-refractivity contribution is 0.317. The minimum atomic E-state index is 0.767. The topological polar surface area (TPSA) is 9.23 Å². The third-order valence-corrected chi connectivity index (χ3v) is 3.33. The second-order valence-corrected chi connectivity index (χ2v) is 5.34. The summed E-state index contributed by atoms with van der Waals surface area (Å²) in [6.07, 6.45) is 1.03. The molecule has 0 aromatic heterocycles. The first-order valence-electron chi connectivity index (χ1n) is 3.88. The fourth-order valence-corrected chi connectivity index (χ4v) is 2.52. The van der Waals surface area contributed by atoms with Crippen LogP contribution in [0.2, 0.25) is 0 Å². The van der Waals surface area contributed by atoms with Crippen LogP contribution in [-0.4, -0.2) is 11.9 Å². The van der Waals surface area contributed by atoms with Crippen LogP contribution in [0.1, 0.15) is 6.42 Å². The Morgan fingerprint density at radius 3 is 2.77 bits per heavy atom. The van der Waals surface area contributed by atoms with E-state index in [0.29, 0.717) is 0 Å². The van der Waals surface area contributed by atoms with E-state index in [9.17, 15) is 0 Å². The van der Waals surface area contributed by atoms with E-state index >= 15 is 0 Å². The number of hydrogen-bond acceptors (Lipinski definition) is 1. The fraction of sp³-hybridized carbons (Fsp3) is 0.333. The molecule has 72 valence electrons. The SMILES string of the molecule is BrCCCOc1ccc(Br)cc1I. The van der Waals surface area contributed by atoms with Crippen molar-refractivity contribution < 1.29 is 4.74 Å². The standard InChI is InChI=1S/C9H9Br2IO/c10-4-1-5-13-9-3-2-7(11)6-8(9)12/h2-3,6H,1,4-5H2. The quantitative estimate of drug-likeness (QED) is 0.403. The summed E-state index contributed by atoms with van der Waals surface area (Å²) in [7, 11) is 0. The Hall–Kier alpha value is 0.710. The van der Waals surface area contributed by atoms with E-state index < -0.39 is 0 Å². The summed E-state index contributed by atoms with van der Waals surface area (Å²) >= 11 is 9.04. The van der Waals surface area contributed by atoms with Crippen molar-refractivity contribution in [2.45, 2.75) is 6.42 Å². The number of rotatable bonds is 4. The molecule has 0 bridgehead atoms. The van der Waals surface area contributed by atoms with E-state index in [2.05, 4.69) is 54.5 Å². The minimum absolute atomic E-state index is 0.767. The molecule has 0 saturated heterocycles. The van der Waals surface area contributed by atoms with Gasteiger partial charge in [-0.1, -0.05) is 31.9 Å². The van der Waals surface area contributed by atoms with E-state index in [1.54, 1.807) is 0 Å². The van der Waals surface area contributed by atoms with Crippen LogP contribution in [0.4, 0.5) is 0 Å². The van der Waals surface area contributed by atoms with E-state index in [4.69, 9.17) is 4.74 Å². The molecule has 0 spiro atoms. The second-order valence-electron chi connectivity index (χ2n) is 2.47. The molecule has 0 aliphatic heterocycles. The zero-order valence-electron chi connectivity index (χ0n) is 6.90. The Morgan fingerprint density at radius 1 is 1.38 bits per heavy atom. The lowest BCUT2D eigenvalue weighted by Crippen LogP contribution is -1.98. The van der Waals surface area contributed by atoms with Crippen molar-refractivity contribution in [2.24, 2.45) is 0 Å². The first-order valence-corrected chi connectivity index (χ1v) is 6.87. The highest BCUT2D eigenvalue weighted by Gasteiger charge is 2.00. The first-order chi connectivity index (χ1) is 6.24. The molecule has 0 saturated carbocycles. The third-order valence-electron chi connectivity index (χ3n) is 1.43. The summed E-state index contributed by atoms with van der Waals surface area (Å²) in [6.45, 7) is 0.767. The van der Waals surface area contributed by atoms with Crippen LogP contribution in [-0.2, 0) is 0 Å². The average molecular weight is 420 g/mol. The Labute approximate surface area is 109 Å². The number of benzene rings is 1. The molecule has 0 aliphatic carbocycles. The van der Waals surface area contributed by atoms with Gasteiger partial charge in [0.2, 0.25) is 0 Å². The van der Waals surface area contributed by atoms with Crippen molar-refractivity contribution in [3.8, 4) is 5.75 Å². The zero-order valence-corrected chi connectivity index (χ0v) is 12.2. The smallest absolute Gasteiger partial charge is 0.132 e. The summed E-state index contributed by atoms with van der Waals surface area (Å²) in [5.74, 6) is 0.963. The van der Waals surface area contributed by atoms with E-state index in [0.717, 1.165) is 32.2 Å². The normalized spacial score (nSPS) is 10.1. The fourth-order valence-electron chi connectivity index (χ4n) is 0.829. The molecule has 1 aromatic carbocycles. The molecule has 1 rings (SSSR count). The average Bonchev–Trinajstić information content (AvgIpc) is 2.09. The summed E-state index contributed by atoms with van der Waals surface area (Å²) in [5, 5.41) is 0.986. The molecule has 0 N–H and O–H groups in total. The van der Waals surface area contributed by atoms with Crippen LogP contribution < -0.4 is 4.74 Å². The van der Waals surface area contributed by atoms with Gasteiger partial charge >= 0.3 is 0 Å². The summed E-state index contributed by atoms with van der Waals surface area (Å²) in [4.78, 5) is 0. The maximum atomic E-state index is 5.57. The summed E-state index contributed by atoms with van der Waals surface area (Å²) < 4.78 is 7.80. The van der Waals surface area contributed by atoms with Crippen molar-refractivity contribution in [1.82, 2.24) is 0 Å². The number of hydrogen-bond donors (Lipinski definition) is 0. The van der Waals surface area contributed by atoms with Crippen LogP contribution in [0.3, 0.4) is 0 Å². The highest BCUT2D eigenvalue weighted by atomic mass is 127. The lowest BCUT2D eigenvalue weighted by Gasteiger charge is -2.06. The van der Waals surface area contributed by atoms with Gasteiger partial charge in [-0.05, 0) is 47.2 Å². The maximum Gasteiger partial charge on any atom is 0.132 e. The van der Waals surface area contributed by atoms with Gasteiger partial charge in [0.25, 0.3) is 0 Å². The van der Waals surface area contributed by atoms with Crippen molar-refractivity contribution in [3.05, 3.63) is 26.2 Å². The monoisotopic (exact) mass is 418 g/mol. The zero-order chi connectivity index (χ0) is 9.68. The molecular formula is C9H9Br2IO. The van der Waals surface area contributed by atoms with Gasteiger partial charge in [0.15, 0.2) is 0 Å². The van der Waals surface area contributed by atoms with Gasteiger partial charge in [0, 0.05) is 9.80 Å². The maximum absolute atomic E-state index is 5.57. The predicted octanol–water partition coefficient (Wildman–Crippen LogP) is 4.22. The molecule has 0 unspecified atom stereocenters. The van der Waals surface area contributed by atoms with Crippen LogP contribution >= 0.6 is 54.5 Å². The molecule has 4 heteroatoms. The second kappa shape index (κ2) is 6.24. The Morgan fingerprint density at radius 2 is 2.15 bits per heavy atom. The Bertz CT molecular complexity index is 278. The lowest BCUT2D eigenvalue weighted by atomic mass is 10.3. The van der Waals surface area contributed by atoms with Crippen LogP contribution in [0, 0.1) is 3.57 Å². The van der Waals surface area contributed by atoms with E-state index in [1.165, 1.54) is 0 Å². The van der Waals surface area contributed by atoms with Gasteiger partial charge in [0.05, 0.1) is 10.2 Å². The van der Waals surface area contributed by atoms with Crippen molar-refractivity contribution in [2.75, 3.05) is 11.9 Å². The molecule has 0 radical (unpaired) electrons. The molecule has 0 fully saturated rings. The van der Waals surface area contributed by atoms with Gasteiger partial charge in [-0.3, -0.25) is 0 Å². The highest BCUT2D eigenvalue weighted by molar-refractivity contribution is 14.1. The molecule has 1 nitrogen and oxygen atoms in total. The third kappa shape index (κ3) is 4.16. The molecular weight excluding hydrogens is 411 g/mol. The van der Waals surface area contributed by atoms with Crippen molar-refractivity contribution >= 4 is 54.5 Å². The molecule has 0 heterocycles. The summed E-state index contributed by atoms with van der Waals surface area (Å²) in [5.41, 5.74) is 0. The van der Waals surface area contributed by atoms with E-state index in [-0.39, 0.29) is 0 Å². The van der Waals surface area contributed by atoms with Crippen molar-refractivity contribution in [3.63, 3.8) is 0 Å². The Balaban J connectivity index is 2.56. The molecule has 0 atom stereocenters. The van der Waals surface area contributed by atoms with Crippen molar-refractivity contribution in [1.29, 1.82) is 0 Å². The van der Waals surface area contributed by atoms with Gasteiger partial charge in [0.1, 0.15) is 5.75 Å². The predicted molar refractivity (Wildman–Crippen MR) is 70.8 cm³/mol. The van der Waals surface area contributed by atoms with Crippen LogP contribution in [0.15, 0.2) is 22.7 Å². The van der Waals surface area contributed by atoms with E-state index in [1.807, 2.05) is 18.2 Å². The molecule has 1 aromatic rings. The van der Waals surface area contributed by atoms with Crippen LogP contribution in [0.5, 0.6) is 5.75 Å². The Kier molecular flexibility index (Phi) is 5.66. The van der Waals surface area contributed by atoms with Gasteiger partial charge in [-0.15, -0.1) is 0 Å². The first kappa shape index (κ1) is 11.8. The van der Waals surface area contributed by atoms with Gasteiger partial charge in [-0.25, -0.2) is 0 Å². The number of ether oxygens (including phenoxy) is 1. The summed E-state index contributed by atoms with van der Waals surface area (Å²) in [6, 6.07) is 6.02. The molecule has 0 aliphatic rings. The van der Waals surface area contributed by atoms with Gasteiger partial charge in [-0.2, -0.15) is 0 Å². The highest BCUT2D eigenvalue weighted by Crippen LogP contribution is 2.24. The van der Waals surface area contributed by atoms with Crippen LogP contribution in [0.25, 0.3) is 0 Å². The molecule has 13 heavy (non-hydrogen) atoms. The largest absolute Gasteiger partial charge is 0.492 e. The number of halogens is 3. The minimum Gasteiger partial charge on any atom is -0.492 e. The molecule has 0 amide bonds. The van der Waals surface area contributed by atoms with Gasteiger partial charge < -0.3 is 4.74 Å². The number of alkyl halides is 1.